The Balaban J connectivity index is 1.66. The second-order valence-electron chi connectivity index (χ2n) is 5.63. The minimum Gasteiger partial charge on any atom is -0.406 e. The average Bonchev–Trinajstić information content (AvgIpc) is 3.10. The van der Waals surface area contributed by atoms with Gasteiger partial charge in [-0.2, -0.15) is 0 Å². The zero-order valence-electron chi connectivity index (χ0n) is 14.4. The Morgan fingerprint density at radius 3 is 2.34 bits per heavy atom. The molecule has 0 saturated heterocycles. The zero-order valence-corrected chi connectivity index (χ0v) is 17.6. The van der Waals surface area contributed by atoms with Gasteiger partial charge in [0.25, 0.3) is 5.91 Å². The number of amides is 1. The lowest BCUT2D eigenvalue weighted by atomic mass is 10.2. The number of thioether (sulfide) groups is 1. The minimum absolute atomic E-state index is 0.350. The minimum atomic E-state index is -4.77. The maximum Gasteiger partial charge on any atom is 0.573 e. The van der Waals surface area contributed by atoms with Crippen LogP contribution in [0.4, 0.5) is 18.9 Å². The molecule has 152 valence electrons. The highest BCUT2D eigenvalue weighted by Crippen LogP contribution is 2.35. The molecule has 0 spiro atoms. The number of carbonyl (C=O) groups is 1. The largest absolute Gasteiger partial charge is 0.573 e. The van der Waals surface area contributed by atoms with Crippen LogP contribution >= 0.6 is 46.3 Å². The van der Waals surface area contributed by atoms with Crippen molar-refractivity contribution in [2.45, 2.75) is 17.0 Å². The third kappa shape index (κ3) is 6.05. The molecule has 0 fully saturated rings. The van der Waals surface area contributed by atoms with E-state index in [1.165, 1.54) is 35.2 Å². The van der Waals surface area contributed by atoms with Crippen LogP contribution in [0.15, 0.2) is 58.8 Å². The molecule has 10 heteroatoms. The van der Waals surface area contributed by atoms with Gasteiger partial charge < -0.3 is 10.1 Å². The maximum atomic E-state index is 12.6. The van der Waals surface area contributed by atoms with Gasteiger partial charge in [-0.25, -0.2) is 0 Å². The summed E-state index contributed by atoms with van der Waals surface area (Å²) < 4.78 is 40.5. The molecule has 1 amide bonds. The number of rotatable bonds is 6. The number of halogens is 5. The van der Waals surface area contributed by atoms with Crippen molar-refractivity contribution in [3.8, 4) is 5.75 Å². The first-order chi connectivity index (χ1) is 13.7. The molecule has 0 aliphatic heterocycles. The van der Waals surface area contributed by atoms with Crippen LogP contribution in [0.25, 0.3) is 0 Å². The standard InChI is InChI=1S/C19H12Cl2F3NO2S2/c20-14-2-1-3-15(21)13(14)10-29-16-8-9-28-17(16)18(26)25-11-4-6-12(7-5-11)27-19(22,23)24/h1-9H,10H2,(H,25,26). The molecular weight excluding hydrogens is 466 g/mol. The van der Waals surface area contributed by atoms with Crippen LogP contribution in [0.5, 0.6) is 5.75 Å². The van der Waals surface area contributed by atoms with Gasteiger partial charge in [0.15, 0.2) is 0 Å². The lowest BCUT2D eigenvalue weighted by molar-refractivity contribution is -0.274. The Morgan fingerprint density at radius 2 is 1.72 bits per heavy atom. The van der Waals surface area contributed by atoms with Gasteiger partial charge in [-0.15, -0.1) is 36.3 Å². The van der Waals surface area contributed by atoms with Crippen LogP contribution < -0.4 is 10.1 Å². The number of alkyl halides is 3. The lowest BCUT2D eigenvalue weighted by Crippen LogP contribution is -2.17. The van der Waals surface area contributed by atoms with Crippen LogP contribution in [0.1, 0.15) is 15.2 Å². The van der Waals surface area contributed by atoms with E-state index in [2.05, 4.69) is 10.1 Å². The third-order valence-electron chi connectivity index (χ3n) is 3.61. The Kier molecular flexibility index (Phi) is 7.00. The number of carbonyl (C=O) groups excluding carboxylic acids is 1. The van der Waals surface area contributed by atoms with E-state index in [0.717, 1.165) is 22.6 Å². The summed E-state index contributed by atoms with van der Waals surface area (Å²) in [6, 6.07) is 12.0. The summed E-state index contributed by atoms with van der Waals surface area (Å²) in [6.45, 7) is 0. The van der Waals surface area contributed by atoms with Gasteiger partial charge in [-0.05, 0) is 53.4 Å². The van der Waals surface area contributed by atoms with Crippen LogP contribution in [-0.4, -0.2) is 12.3 Å². The molecule has 0 aliphatic carbocycles. The summed E-state index contributed by atoms with van der Waals surface area (Å²) in [7, 11) is 0. The van der Waals surface area contributed by atoms with E-state index in [9.17, 15) is 18.0 Å². The molecule has 0 unspecified atom stereocenters. The molecular formula is C19H12Cl2F3NO2S2. The highest BCUT2D eigenvalue weighted by atomic mass is 35.5. The summed E-state index contributed by atoms with van der Waals surface area (Å²) in [5.74, 6) is -0.240. The van der Waals surface area contributed by atoms with Crippen molar-refractivity contribution in [3.63, 3.8) is 0 Å². The Hall–Kier alpha value is -1.87. The van der Waals surface area contributed by atoms with Crippen LogP contribution in [0, 0.1) is 0 Å². The predicted molar refractivity (Wildman–Crippen MR) is 111 cm³/mol. The third-order valence-corrected chi connectivity index (χ3v) is 6.45. The molecule has 29 heavy (non-hydrogen) atoms. The number of ether oxygens (including phenoxy) is 1. The van der Waals surface area contributed by atoms with Crippen molar-refractivity contribution < 1.29 is 22.7 Å². The number of benzene rings is 2. The van der Waals surface area contributed by atoms with Crippen LogP contribution in [0.3, 0.4) is 0 Å². The summed E-state index contributed by atoms with van der Waals surface area (Å²) in [5.41, 5.74) is 1.13. The summed E-state index contributed by atoms with van der Waals surface area (Å²) >= 11 is 15.0. The summed E-state index contributed by atoms with van der Waals surface area (Å²) in [4.78, 5) is 13.8. The quantitative estimate of drug-likeness (QED) is 0.373. The van der Waals surface area contributed by atoms with E-state index in [1.54, 1.807) is 23.6 Å². The topological polar surface area (TPSA) is 38.3 Å². The highest BCUT2D eigenvalue weighted by molar-refractivity contribution is 7.98. The molecule has 0 atom stereocenters. The molecule has 0 aliphatic rings. The van der Waals surface area contributed by atoms with Gasteiger partial charge in [0.2, 0.25) is 0 Å². The van der Waals surface area contributed by atoms with E-state index in [0.29, 0.717) is 26.4 Å². The molecule has 1 N–H and O–H groups in total. The number of thiophene rings is 1. The number of hydrogen-bond donors (Lipinski definition) is 1. The number of nitrogens with one attached hydrogen (secondary N) is 1. The Bertz CT molecular complexity index is 987. The Morgan fingerprint density at radius 1 is 1.07 bits per heavy atom. The molecule has 3 nitrogen and oxygen atoms in total. The van der Waals surface area contributed by atoms with Gasteiger partial charge in [0.05, 0.1) is 0 Å². The molecule has 1 heterocycles. The molecule has 3 aromatic rings. The first-order valence-electron chi connectivity index (χ1n) is 8.03. The maximum absolute atomic E-state index is 12.6. The van der Waals surface area contributed by atoms with Gasteiger partial charge in [-0.1, -0.05) is 29.3 Å². The van der Waals surface area contributed by atoms with Gasteiger partial charge >= 0.3 is 6.36 Å². The van der Waals surface area contributed by atoms with E-state index >= 15 is 0 Å². The molecule has 1 aromatic heterocycles. The second kappa shape index (κ2) is 9.30. The Labute approximate surface area is 182 Å². The van der Waals surface area contributed by atoms with E-state index in [1.807, 2.05) is 6.07 Å². The van der Waals surface area contributed by atoms with E-state index in [-0.39, 0.29) is 11.7 Å². The monoisotopic (exact) mass is 477 g/mol. The first-order valence-corrected chi connectivity index (χ1v) is 10.7. The molecule has 3 rings (SSSR count). The fourth-order valence-electron chi connectivity index (χ4n) is 2.32. The molecule has 0 radical (unpaired) electrons. The smallest absolute Gasteiger partial charge is 0.406 e. The van der Waals surface area contributed by atoms with Crippen molar-refractivity contribution in [1.82, 2.24) is 0 Å². The average molecular weight is 478 g/mol. The molecule has 2 aromatic carbocycles. The number of hydrogen-bond acceptors (Lipinski definition) is 4. The summed E-state index contributed by atoms with van der Waals surface area (Å²) in [5, 5.41) is 5.55. The van der Waals surface area contributed by atoms with Gasteiger partial charge in [0.1, 0.15) is 10.6 Å². The first kappa shape index (κ1) is 21.8. The van der Waals surface area contributed by atoms with E-state index in [4.69, 9.17) is 23.2 Å². The fraction of sp³-hybridized carbons (Fsp3) is 0.105. The fourth-order valence-corrected chi connectivity index (χ4v) is 5.10. The van der Waals surface area contributed by atoms with Crippen molar-refractivity contribution in [2.75, 3.05) is 5.32 Å². The van der Waals surface area contributed by atoms with Crippen LogP contribution in [0.2, 0.25) is 10.0 Å². The zero-order chi connectivity index (χ0) is 21.0. The van der Waals surface area contributed by atoms with Crippen molar-refractivity contribution in [1.29, 1.82) is 0 Å². The van der Waals surface area contributed by atoms with Crippen molar-refractivity contribution >= 4 is 57.9 Å². The SMILES string of the molecule is O=C(Nc1ccc(OC(F)(F)F)cc1)c1sccc1SCc1c(Cl)cccc1Cl. The van der Waals surface area contributed by atoms with Crippen LogP contribution in [-0.2, 0) is 5.75 Å². The predicted octanol–water partition coefficient (Wildman–Crippen LogP) is 7.50. The highest BCUT2D eigenvalue weighted by Gasteiger charge is 2.31. The molecule has 0 bridgehead atoms. The molecule has 0 saturated carbocycles. The normalized spacial score (nSPS) is 11.3. The lowest BCUT2D eigenvalue weighted by Gasteiger charge is -2.10. The second-order valence-corrected chi connectivity index (χ2v) is 8.38. The van der Waals surface area contributed by atoms with E-state index < -0.39 is 6.36 Å². The summed E-state index contributed by atoms with van der Waals surface area (Å²) in [6.07, 6.45) is -4.77. The number of anilines is 1. The van der Waals surface area contributed by atoms with Gasteiger partial charge in [0, 0.05) is 26.4 Å². The van der Waals surface area contributed by atoms with Crippen molar-refractivity contribution in [3.05, 3.63) is 74.4 Å². The van der Waals surface area contributed by atoms with Crippen molar-refractivity contribution in [2.24, 2.45) is 0 Å². The van der Waals surface area contributed by atoms with Gasteiger partial charge in [-0.3, -0.25) is 4.79 Å².